The van der Waals surface area contributed by atoms with Crippen LogP contribution >= 0.6 is 12.4 Å². The molecule has 1 aliphatic rings. The minimum absolute atomic E-state index is 0. The van der Waals surface area contributed by atoms with Crippen LogP contribution in [0.25, 0.3) is 0 Å². The monoisotopic (exact) mass is 342 g/mol. The molecule has 0 saturated carbocycles. The number of hydrogen-bond donors (Lipinski definition) is 1. The summed E-state index contributed by atoms with van der Waals surface area (Å²) in [6.45, 7) is 7.73. The molecule has 5 heteroatoms. The largest absolute Gasteiger partial charge is 0.493 e. The van der Waals surface area contributed by atoms with Crippen LogP contribution in [0.3, 0.4) is 0 Å². The molecule has 1 aliphatic heterocycles. The first-order chi connectivity index (χ1) is 10.8. The highest BCUT2D eigenvalue weighted by molar-refractivity contribution is 5.85. The number of piperazine rings is 1. The van der Waals surface area contributed by atoms with Crippen LogP contribution in [-0.2, 0) is 0 Å². The third-order valence-corrected chi connectivity index (χ3v) is 4.29. The average Bonchev–Trinajstić information content (AvgIpc) is 2.56. The number of methoxy groups -OCH3 is 1. The molecule has 1 aromatic rings. The lowest BCUT2D eigenvalue weighted by atomic mass is 9.97. The van der Waals surface area contributed by atoms with Crippen molar-refractivity contribution in [1.29, 1.82) is 0 Å². The highest BCUT2D eigenvalue weighted by atomic mass is 35.5. The summed E-state index contributed by atoms with van der Waals surface area (Å²) < 4.78 is 19.4. The second kappa shape index (κ2) is 10.6. The third kappa shape index (κ3) is 5.48. The van der Waals surface area contributed by atoms with Crippen molar-refractivity contribution in [2.45, 2.75) is 31.7 Å². The molecule has 1 fully saturated rings. The van der Waals surface area contributed by atoms with Gasteiger partial charge in [0.15, 0.2) is 11.6 Å². The Morgan fingerprint density at radius 1 is 1.35 bits per heavy atom. The van der Waals surface area contributed by atoms with Gasteiger partial charge in [-0.3, -0.25) is 4.90 Å². The number of nitrogens with one attached hydrogen (secondary N) is 1. The Balaban J connectivity index is 0.00000264. The molecule has 0 aromatic heterocycles. The van der Waals surface area contributed by atoms with Gasteiger partial charge in [0.05, 0.1) is 7.11 Å². The fraction of sp³-hybridized carbons (Fsp3) is 0.556. The van der Waals surface area contributed by atoms with Crippen LogP contribution in [-0.4, -0.2) is 38.2 Å². The summed E-state index contributed by atoms with van der Waals surface area (Å²) in [6, 6.07) is 5.47. The number of unbranched alkanes of at least 4 members (excludes halogenated alkanes) is 2. The maximum Gasteiger partial charge on any atom is 0.165 e. The van der Waals surface area contributed by atoms with E-state index < -0.39 is 0 Å². The van der Waals surface area contributed by atoms with Crippen molar-refractivity contribution in [2.75, 3.05) is 33.3 Å². The van der Waals surface area contributed by atoms with E-state index in [1.54, 1.807) is 13.2 Å². The van der Waals surface area contributed by atoms with Gasteiger partial charge in [-0.15, -0.1) is 19.0 Å². The maximum absolute atomic E-state index is 14.1. The van der Waals surface area contributed by atoms with Gasteiger partial charge < -0.3 is 10.1 Å². The summed E-state index contributed by atoms with van der Waals surface area (Å²) >= 11 is 0. The number of allylic oxidation sites excluding steroid dienone is 1. The van der Waals surface area contributed by atoms with Crippen molar-refractivity contribution in [3.05, 3.63) is 42.2 Å². The number of rotatable bonds is 8. The van der Waals surface area contributed by atoms with Crippen LogP contribution in [0.4, 0.5) is 4.39 Å². The van der Waals surface area contributed by atoms with E-state index in [2.05, 4.69) is 16.8 Å². The van der Waals surface area contributed by atoms with Crippen molar-refractivity contribution in [1.82, 2.24) is 10.2 Å². The molecule has 1 heterocycles. The van der Waals surface area contributed by atoms with Crippen LogP contribution < -0.4 is 10.1 Å². The minimum atomic E-state index is -0.272. The molecule has 0 aliphatic carbocycles. The van der Waals surface area contributed by atoms with E-state index in [1.807, 2.05) is 12.1 Å². The van der Waals surface area contributed by atoms with Gasteiger partial charge in [-0.2, -0.15) is 0 Å². The Morgan fingerprint density at radius 3 is 2.74 bits per heavy atom. The molecule has 23 heavy (non-hydrogen) atoms. The van der Waals surface area contributed by atoms with Crippen LogP contribution in [0.1, 0.15) is 37.3 Å². The fourth-order valence-corrected chi connectivity index (χ4v) is 3.16. The molecule has 1 N–H and O–H groups in total. The number of ether oxygens (including phenoxy) is 1. The molecule has 0 unspecified atom stereocenters. The molecule has 0 amide bonds. The second-order valence-electron chi connectivity index (χ2n) is 5.74. The van der Waals surface area contributed by atoms with Crippen molar-refractivity contribution in [2.24, 2.45) is 0 Å². The second-order valence-corrected chi connectivity index (χ2v) is 5.74. The van der Waals surface area contributed by atoms with Gasteiger partial charge in [0.1, 0.15) is 0 Å². The summed E-state index contributed by atoms with van der Waals surface area (Å²) in [5.74, 6) is 0.126. The van der Waals surface area contributed by atoms with Gasteiger partial charge in [-0.1, -0.05) is 24.6 Å². The van der Waals surface area contributed by atoms with Gasteiger partial charge in [0.25, 0.3) is 0 Å². The van der Waals surface area contributed by atoms with Crippen molar-refractivity contribution >= 4 is 12.4 Å². The Kier molecular flexibility index (Phi) is 9.22. The lowest BCUT2D eigenvalue weighted by Crippen LogP contribution is -2.45. The number of halogens is 2. The molecule has 130 valence electrons. The van der Waals surface area contributed by atoms with Gasteiger partial charge in [0, 0.05) is 37.8 Å². The lowest BCUT2D eigenvalue weighted by molar-refractivity contribution is 0.159. The van der Waals surface area contributed by atoms with E-state index in [0.717, 1.165) is 57.4 Å². The molecule has 0 bridgehead atoms. The first-order valence-corrected chi connectivity index (χ1v) is 8.16. The molecule has 0 spiro atoms. The first kappa shape index (κ1) is 19.9. The number of benzene rings is 1. The normalized spacial score (nSPS) is 16.4. The van der Waals surface area contributed by atoms with Crippen LogP contribution in [0.5, 0.6) is 5.75 Å². The Hall–Kier alpha value is -1.10. The molecule has 3 nitrogen and oxygen atoms in total. The molecule has 1 atom stereocenters. The standard InChI is InChI=1S/C18H27FN2O.ClH/c1-3-4-5-6-10-17(21-13-11-20-12-14-21)15-8-7-9-16(19)18(15)22-2;/h3,7-9,17,20H,1,4-6,10-14H2,2H3;1H/t17-;/m1./s1. The zero-order valence-corrected chi connectivity index (χ0v) is 14.7. The highest BCUT2D eigenvalue weighted by Crippen LogP contribution is 2.35. The molecule has 1 saturated heterocycles. The summed E-state index contributed by atoms with van der Waals surface area (Å²) in [5, 5.41) is 3.38. The number of nitrogens with zero attached hydrogens (tertiary/aromatic N) is 1. The number of para-hydroxylation sites is 1. The summed E-state index contributed by atoms with van der Waals surface area (Å²) in [6.07, 6.45) is 6.26. The average molecular weight is 343 g/mol. The van der Waals surface area contributed by atoms with Crippen LogP contribution in [0.15, 0.2) is 30.9 Å². The topological polar surface area (TPSA) is 24.5 Å². The Morgan fingerprint density at radius 2 is 2.09 bits per heavy atom. The van der Waals surface area contributed by atoms with Crippen LogP contribution in [0.2, 0.25) is 0 Å². The number of hydrogen-bond acceptors (Lipinski definition) is 3. The van der Waals surface area contributed by atoms with Crippen molar-refractivity contribution in [3.8, 4) is 5.75 Å². The SMILES string of the molecule is C=CCCCC[C@H](c1cccc(F)c1OC)N1CCNCC1.Cl. The predicted molar refractivity (Wildman–Crippen MR) is 96.0 cm³/mol. The zero-order chi connectivity index (χ0) is 15.8. The minimum Gasteiger partial charge on any atom is -0.493 e. The van der Waals surface area contributed by atoms with Gasteiger partial charge in [-0.25, -0.2) is 4.39 Å². The third-order valence-electron chi connectivity index (χ3n) is 4.29. The van der Waals surface area contributed by atoms with Gasteiger partial charge in [-0.05, 0) is 25.3 Å². The highest BCUT2D eigenvalue weighted by Gasteiger charge is 2.25. The maximum atomic E-state index is 14.1. The fourth-order valence-electron chi connectivity index (χ4n) is 3.16. The van der Waals surface area contributed by atoms with E-state index in [1.165, 1.54) is 6.07 Å². The quantitative estimate of drug-likeness (QED) is 0.572. The van der Waals surface area contributed by atoms with Crippen molar-refractivity contribution < 1.29 is 9.13 Å². The molecular weight excluding hydrogens is 315 g/mol. The lowest BCUT2D eigenvalue weighted by Gasteiger charge is -2.36. The predicted octanol–water partition coefficient (Wildman–Crippen LogP) is 3.95. The van der Waals surface area contributed by atoms with E-state index in [0.29, 0.717) is 5.75 Å². The van der Waals surface area contributed by atoms with E-state index in [9.17, 15) is 4.39 Å². The van der Waals surface area contributed by atoms with Crippen LogP contribution in [0, 0.1) is 5.82 Å². The smallest absolute Gasteiger partial charge is 0.165 e. The Bertz CT molecular complexity index is 478. The molecule has 2 rings (SSSR count). The summed E-state index contributed by atoms with van der Waals surface area (Å²) in [7, 11) is 1.55. The molecular formula is C18H28ClFN2O. The van der Waals surface area contributed by atoms with Gasteiger partial charge >= 0.3 is 0 Å². The zero-order valence-electron chi connectivity index (χ0n) is 13.9. The molecule has 1 aromatic carbocycles. The molecule has 0 radical (unpaired) electrons. The first-order valence-electron chi connectivity index (χ1n) is 8.16. The van der Waals surface area contributed by atoms with E-state index in [-0.39, 0.29) is 24.3 Å². The van der Waals surface area contributed by atoms with Crippen molar-refractivity contribution in [3.63, 3.8) is 0 Å². The van der Waals surface area contributed by atoms with E-state index >= 15 is 0 Å². The van der Waals surface area contributed by atoms with E-state index in [4.69, 9.17) is 4.74 Å². The summed E-state index contributed by atoms with van der Waals surface area (Å²) in [5.41, 5.74) is 0.975. The van der Waals surface area contributed by atoms with Gasteiger partial charge in [0.2, 0.25) is 0 Å². The summed E-state index contributed by atoms with van der Waals surface area (Å²) in [4.78, 5) is 2.45. The Labute approximate surface area is 145 Å².